The van der Waals surface area contributed by atoms with Crippen LogP contribution < -0.4 is 17.0 Å². The second-order valence-electron chi connectivity index (χ2n) is 5.08. The molecule has 4 rings (SSSR count). The Hall–Kier alpha value is -3.50. The molecule has 11 nitrogen and oxygen atoms in total. The number of nitrogen functional groups attached to an aromatic ring is 2. The summed E-state index contributed by atoms with van der Waals surface area (Å²) in [6.07, 6.45) is 1.60. The predicted octanol–water partition coefficient (Wildman–Crippen LogP) is -0.835. The lowest BCUT2D eigenvalue weighted by Gasteiger charge is -2.03. The third kappa shape index (κ3) is 1.76. The lowest BCUT2D eigenvalue weighted by molar-refractivity contribution is 0.908. The van der Waals surface area contributed by atoms with Crippen molar-refractivity contribution in [2.24, 2.45) is 14.1 Å². The largest absolute Gasteiger partial charge is 0.382 e. The van der Waals surface area contributed by atoms with Gasteiger partial charge in [-0.25, -0.2) is 19.9 Å². The highest BCUT2D eigenvalue weighted by atomic mass is 16.1. The van der Waals surface area contributed by atoms with Crippen LogP contribution in [0, 0.1) is 0 Å². The van der Waals surface area contributed by atoms with Crippen LogP contribution in [0.3, 0.4) is 0 Å². The van der Waals surface area contributed by atoms with Gasteiger partial charge in [0.2, 0.25) is 5.95 Å². The van der Waals surface area contributed by atoms with E-state index in [0.29, 0.717) is 22.6 Å². The third-order valence-electron chi connectivity index (χ3n) is 3.53. The molecule has 23 heavy (non-hydrogen) atoms. The van der Waals surface area contributed by atoms with Gasteiger partial charge in [0, 0.05) is 14.1 Å². The number of anilines is 2. The zero-order valence-corrected chi connectivity index (χ0v) is 12.3. The number of aryl methyl sites for hydroxylation is 2. The van der Waals surface area contributed by atoms with Gasteiger partial charge in [0.25, 0.3) is 5.56 Å². The molecule has 0 spiro atoms. The van der Waals surface area contributed by atoms with E-state index in [2.05, 4.69) is 29.9 Å². The van der Waals surface area contributed by atoms with E-state index in [-0.39, 0.29) is 23.1 Å². The summed E-state index contributed by atoms with van der Waals surface area (Å²) >= 11 is 0. The Balaban J connectivity index is 2.06. The Morgan fingerprint density at radius 3 is 2.61 bits per heavy atom. The van der Waals surface area contributed by atoms with Crippen molar-refractivity contribution in [1.82, 2.24) is 39.0 Å². The minimum atomic E-state index is -0.427. The molecule has 0 radical (unpaired) electrons. The van der Waals surface area contributed by atoms with Gasteiger partial charge in [-0.05, 0) is 0 Å². The van der Waals surface area contributed by atoms with Crippen molar-refractivity contribution < 1.29 is 0 Å². The summed E-state index contributed by atoms with van der Waals surface area (Å²) in [6, 6.07) is 0. The van der Waals surface area contributed by atoms with Crippen LogP contribution in [0.25, 0.3) is 34.0 Å². The number of aromatic nitrogens is 8. The van der Waals surface area contributed by atoms with Crippen LogP contribution in [-0.2, 0) is 14.1 Å². The average Bonchev–Trinajstić information content (AvgIpc) is 3.02. The fourth-order valence-electron chi connectivity index (χ4n) is 2.42. The van der Waals surface area contributed by atoms with Crippen molar-refractivity contribution in [3.63, 3.8) is 0 Å². The minimum absolute atomic E-state index is 0.0135. The van der Waals surface area contributed by atoms with Gasteiger partial charge in [-0.1, -0.05) is 0 Å². The molecule has 0 aliphatic heterocycles. The van der Waals surface area contributed by atoms with Gasteiger partial charge < -0.3 is 20.6 Å². The quantitative estimate of drug-likeness (QED) is 0.410. The first-order chi connectivity index (χ1) is 11.0. The summed E-state index contributed by atoms with van der Waals surface area (Å²) in [4.78, 5) is 35.5. The molecule has 4 aromatic rings. The molecule has 0 aliphatic carbocycles. The number of fused-ring (bicyclic) bond motifs is 2. The Labute approximate surface area is 128 Å². The van der Waals surface area contributed by atoms with Crippen LogP contribution in [0.15, 0.2) is 11.1 Å². The van der Waals surface area contributed by atoms with Gasteiger partial charge in [0.15, 0.2) is 34.3 Å². The number of hydrogen-bond donors (Lipinski definition) is 3. The van der Waals surface area contributed by atoms with E-state index in [4.69, 9.17) is 11.5 Å². The topological polar surface area (TPSA) is 159 Å². The van der Waals surface area contributed by atoms with Crippen molar-refractivity contribution in [3.8, 4) is 11.6 Å². The van der Waals surface area contributed by atoms with Crippen molar-refractivity contribution in [2.75, 3.05) is 11.5 Å². The fourth-order valence-corrected chi connectivity index (χ4v) is 2.42. The molecule has 0 amide bonds. The van der Waals surface area contributed by atoms with Crippen LogP contribution in [0.2, 0.25) is 0 Å². The van der Waals surface area contributed by atoms with E-state index in [1.807, 2.05) is 0 Å². The molecule has 5 N–H and O–H groups in total. The van der Waals surface area contributed by atoms with Crippen molar-refractivity contribution in [2.45, 2.75) is 0 Å². The highest BCUT2D eigenvalue weighted by Crippen LogP contribution is 2.22. The molecule has 0 aliphatic rings. The summed E-state index contributed by atoms with van der Waals surface area (Å²) in [5.74, 6) is 0.883. The lowest BCUT2D eigenvalue weighted by Crippen LogP contribution is -2.11. The average molecular weight is 312 g/mol. The van der Waals surface area contributed by atoms with Crippen LogP contribution in [0.1, 0.15) is 0 Å². The Bertz CT molecular complexity index is 1130. The number of nitrogens with one attached hydrogen (secondary N) is 1. The van der Waals surface area contributed by atoms with Gasteiger partial charge in [0.1, 0.15) is 5.52 Å². The molecule has 4 heterocycles. The predicted molar refractivity (Wildman–Crippen MR) is 83.3 cm³/mol. The highest BCUT2D eigenvalue weighted by molar-refractivity contribution is 5.84. The monoisotopic (exact) mass is 312 g/mol. The van der Waals surface area contributed by atoms with Crippen molar-refractivity contribution >= 4 is 34.1 Å². The molecule has 0 saturated carbocycles. The first kappa shape index (κ1) is 13.2. The van der Waals surface area contributed by atoms with E-state index in [1.54, 1.807) is 29.6 Å². The Morgan fingerprint density at radius 2 is 1.83 bits per heavy atom. The molecular formula is C12H12N10O. The summed E-state index contributed by atoms with van der Waals surface area (Å²) in [7, 11) is 3.50. The smallest absolute Gasteiger partial charge is 0.280 e. The molecule has 0 aromatic carbocycles. The van der Waals surface area contributed by atoms with Crippen molar-refractivity contribution in [3.05, 3.63) is 16.7 Å². The van der Waals surface area contributed by atoms with E-state index in [0.717, 1.165) is 0 Å². The molecular weight excluding hydrogens is 300 g/mol. The second kappa shape index (κ2) is 4.25. The summed E-state index contributed by atoms with van der Waals surface area (Å²) in [5.41, 5.74) is 12.7. The Morgan fingerprint density at radius 1 is 1.04 bits per heavy atom. The van der Waals surface area contributed by atoms with Crippen LogP contribution >= 0.6 is 0 Å². The summed E-state index contributed by atoms with van der Waals surface area (Å²) in [6.45, 7) is 0. The lowest BCUT2D eigenvalue weighted by atomic mass is 10.4. The van der Waals surface area contributed by atoms with Gasteiger partial charge in [-0.2, -0.15) is 4.98 Å². The van der Waals surface area contributed by atoms with Crippen LogP contribution in [0.4, 0.5) is 11.8 Å². The third-order valence-corrected chi connectivity index (χ3v) is 3.53. The number of rotatable bonds is 1. The molecule has 0 fully saturated rings. The maximum absolute atomic E-state index is 12.0. The first-order valence-electron chi connectivity index (χ1n) is 6.63. The molecule has 4 aromatic heterocycles. The van der Waals surface area contributed by atoms with Gasteiger partial charge in [0.05, 0.1) is 6.33 Å². The van der Waals surface area contributed by atoms with Crippen LogP contribution in [0.5, 0.6) is 0 Å². The van der Waals surface area contributed by atoms with E-state index in [9.17, 15) is 4.79 Å². The normalized spacial score (nSPS) is 11.6. The highest BCUT2D eigenvalue weighted by Gasteiger charge is 2.19. The SMILES string of the molecule is Cn1cnc2c(N)nc(-c3nc4c(=O)[nH]c(N)nc4n3C)nc21. The molecule has 0 saturated heterocycles. The number of H-pyrrole nitrogens is 1. The van der Waals surface area contributed by atoms with Gasteiger partial charge in [-0.3, -0.25) is 9.78 Å². The maximum Gasteiger partial charge on any atom is 0.280 e. The van der Waals surface area contributed by atoms with E-state index in [1.165, 1.54) is 0 Å². The first-order valence-corrected chi connectivity index (χ1v) is 6.63. The Kier molecular flexibility index (Phi) is 2.44. The molecule has 0 atom stereocenters. The number of nitrogens with two attached hydrogens (primary N) is 2. The number of hydrogen-bond acceptors (Lipinski definition) is 8. The van der Waals surface area contributed by atoms with E-state index < -0.39 is 5.56 Å². The second-order valence-corrected chi connectivity index (χ2v) is 5.08. The summed E-state index contributed by atoms with van der Waals surface area (Å²) < 4.78 is 3.32. The standard InChI is InChI=1S/C12H12N10O/c1-21-3-15-4-6(13)17-7(18-8(4)21)10-16-5-9(22(10)2)19-12(14)20-11(5)23/h3H,1-2H3,(H2,13,17,18)(H3,14,19,20,23). The van der Waals surface area contributed by atoms with Gasteiger partial charge in [-0.15, -0.1) is 0 Å². The summed E-state index contributed by atoms with van der Waals surface area (Å²) in [5, 5.41) is 0. The number of imidazole rings is 2. The van der Waals surface area contributed by atoms with Crippen LogP contribution in [-0.4, -0.2) is 39.0 Å². The molecule has 11 heteroatoms. The number of aromatic amines is 1. The number of nitrogens with zero attached hydrogens (tertiary/aromatic N) is 7. The zero-order valence-electron chi connectivity index (χ0n) is 12.3. The van der Waals surface area contributed by atoms with Crippen molar-refractivity contribution in [1.29, 1.82) is 0 Å². The molecule has 0 unspecified atom stereocenters. The van der Waals surface area contributed by atoms with E-state index >= 15 is 0 Å². The fraction of sp³-hybridized carbons (Fsp3) is 0.167. The molecule has 0 bridgehead atoms. The van der Waals surface area contributed by atoms with Gasteiger partial charge >= 0.3 is 0 Å². The minimum Gasteiger partial charge on any atom is -0.382 e. The zero-order chi connectivity index (χ0) is 16.3. The maximum atomic E-state index is 12.0. The molecule has 116 valence electrons.